The zero-order valence-corrected chi connectivity index (χ0v) is 21.3. The van der Waals surface area contributed by atoms with Gasteiger partial charge in [0.1, 0.15) is 0 Å². The van der Waals surface area contributed by atoms with Crippen LogP contribution < -0.4 is 0 Å². The van der Waals surface area contributed by atoms with E-state index in [1.165, 1.54) is 0 Å². The number of ketones is 2. The molecule has 6 rings (SSSR count). The average molecular weight is 499 g/mol. The molecule has 1 aliphatic rings. The van der Waals surface area contributed by atoms with Crippen LogP contribution in [0.1, 0.15) is 62.8 Å². The predicted octanol–water partition coefficient (Wildman–Crippen LogP) is 7.38. The molecule has 0 saturated carbocycles. The Hall–Kier alpha value is -4.77. The van der Waals surface area contributed by atoms with Gasteiger partial charge in [-0.2, -0.15) is 4.98 Å². The van der Waals surface area contributed by atoms with Gasteiger partial charge in [-0.05, 0) is 65.9 Å². The van der Waals surface area contributed by atoms with Crippen LogP contribution >= 0.6 is 0 Å². The molecule has 0 aliphatic heterocycles. The third-order valence-corrected chi connectivity index (χ3v) is 7.00. The molecule has 0 saturated heterocycles. The maximum absolute atomic E-state index is 13.4. The van der Waals surface area contributed by atoms with Crippen LogP contribution in [0.4, 0.5) is 0 Å². The highest BCUT2D eigenvalue weighted by Gasteiger charge is 2.34. The number of hydrogen-bond donors (Lipinski definition) is 0. The van der Waals surface area contributed by atoms with Gasteiger partial charge in [0.15, 0.2) is 22.8 Å². The number of aromatic nitrogens is 2. The van der Waals surface area contributed by atoms with Gasteiger partial charge in [-0.3, -0.25) is 14.2 Å². The molecule has 2 aromatic heterocycles. The zero-order chi connectivity index (χ0) is 26.2. The Morgan fingerprint density at radius 3 is 2.00 bits per heavy atom. The van der Waals surface area contributed by atoms with Crippen LogP contribution in [-0.4, -0.2) is 21.1 Å². The van der Waals surface area contributed by atoms with Gasteiger partial charge in [-0.1, -0.05) is 62.4 Å². The fourth-order valence-electron chi connectivity index (χ4n) is 5.07. The summed E-state index contributed by atoms with van der Waals surface area (Å²) in [6, 6.07) is 25.3. The highest BCUT2D eigenvalue weighted by atomic mass is 16.3. The molecule has 186 valence electrons. The lowest BCUT2D eigenvalue weighted by Crippen LogP contribution is -2.03. The molecule has 3 aromatic carbocycles. The number of aryl methyl sites for hydroxylation is 2. The van der Waals surface area contributed by atoms with E-state index < -0.39 is 0 Å². The summed E-state index contributed by atoms with van der Waals surface area (Å²) in [5, 5.41) is 0. The third kappa shape index (κ3) is 4.02. The number of hydrogen-bond acceptors (Lipinski definition) is 4. The molecule has 1 aliphatic carbocycles. The van der Waals surface area contributed by atoms with Gasteiger partial charge in [-0.15, -0.1) is 0 Å². The molecule has 0 spiro atoms. The molecule has 0 unspecified atom stereocenters. The van der Waals surface area contributed by atoms with E-state index in [0.717, 1.165) is 35.2 Å². The van der Waals surface area contributed by atoms with Crippen LogP contribution in [0, 0.1) is 0 Å². The summed E-state index contributed by atoms with van der Waals surface area (Å²) in [7, 11) is 0. The molecule has 0 radical (unpaired) electrons. The maximum atomic E-state index is 13.4. The smallest absolute Gasteiger partial charge is 0.221 e. The Labute approximate surface area is 220 Å². The van der Waals surface area contributed by atoms with Gasteiger partial charge in [0.2, 0.25) is 5.89 Å². The summed E-state index contributed by atoms with van der Waals surface area (Å²) in [5.74, 6) is 0.000746. The summed E-state index contributed by atoms with van der Waals surface area (Å²) >= 11 is 0. The summed E-state index contributed by atoms with van der Waals surface area (Å²) in [4.78, 5) is 31.5. The monoisotopic (exact) mass is 498 g/mol. The zero-order valence-electron chi connectivity index (χ0n) is 21.3. The molecule has 0 amide bonds. The second-order valence-electron chi connectivity index (χ2n) is 9.31. The van der Waals surface area contributed by atoms with E-state index in [9.17, 15) is 9.59 Å². The Kier molecular flexibility index (Phi) is 5.97. The van der Waals surface area contributed by atoms with Crippen molar-refractivity contribution >= 4 is 41.0 Å². The van der Waals surface area contributed by atoms with Crippen molar-refractivity contribution in [2.75, 3.05) is 0 Å². The van der Waals surface area contributed by atoms with Crippen LogP contribution in [0.15, 0.2) is 88.9 Å². The molecule has 0 atom stereocenters. The van der Waals surface area contributed by atoms with Crippen molar-refractivity contribution in [2.45, 2.75) is 26.7 Å². The second kappa shape index (κ2) is 9.60. The maximum Gasteiger partial charge on any atom is 0.221 e. The largest absolute Gasteiger partial charge is 0.435 e. The molecule has 0 bridgehead atoms. The van der Waals surface area contributed by atoms with E-state index in [0.29, 0.717) is 33.9 Å². The molecule has 5 heteroatoms. The number of benzene rings is 3. The molecule has 0 N–H and O–H groups in total. The van der Waals surface area contributed by atoms with E-state index in [2.05, 4.69) is 13.8 Å². The van der Waals surface area contributed by atoms with E-state index >= 15 is 0 Å². The Bertz CT molecular complexity index is 1710. The normalized spacial score (nSPS) is 13.2. The molecule has 5 nitrogen and oxygen atoms in total. The second-order valence-corrected chi connectivity index (χ2v) is 9.31. The van der Waals surface area contributed by atoms with Crippen molar-refractivity contribution in [1.29, 1.82) is 0 Å². The molecule has 5 aromatic rings. The average Bonchev–Trinajstić information content (AvgIpc) is 3.57. The van der Waals surface area contributed by atoms with Crippen LogP contribution in [0.2, 0.25) is 0 Å². The van der Waals surface area contributed by atoms with Crippen molar-refractivity contribution in [3.63, 3.8) is 0 Å². The first-order valence-electron chi connectivity index (χ1n) is 12.8. The number of para-hydroxylation sites is 1. The number of Topliss-reactive ketones (excluding diaryl/α,β-unsaturated/α-hetero) is 2. The molecular weight excluding hydrogens is 472 g/mol. The van der Waals surface area contributed by atoms with Crippen molar-refractivity contribution in [2.24, 2.45) is 0 Å². The number of nitrogens with zero attached hydrogens (tertiary/aromatic N) is 2. The SMILES string of the molecule is CCc1cc2c(cc1CC)C(=O)C(=Cc1cc3oc(/C=C/c4ccccc4)nc3n1-c1ccccc1)C2=O. The number of rotatable bonds is 6. The van der Waals surface area contributed by atoms with E-state index in [1.54, 1.807) is 6.08 Å². The third-order valence-electron chi connectivity index (χ3n) is 7.00. The number of allylic oxidation sites excluding steroid dienone is 1. The minimum atomic E-state index is -0.237. The highest BCUT2D eigenvalue weighted by Crippen LogP contribution is 2.33. The minimum absolute atomic E-state index is 0.164. The summed E-state index contributed by atoms with van der Waals surface area (Å²) < 4.78 is 7.98. The van der Waals surface area contributed by atoms with Crippen molar-refractivity contribution in [3.8, 4) is 5.69 Å². The summed E-state index contributed by atoms with van der Waals surface area (Å²) in [6.07, 6.45) is 7.09. The van der Waals surface area contributed by atoms with Crippen molar-refractivity contribution < 1.29 is 14.0 Å². The standard InChI is InChI=1S/C33H26N2O3/c1-3-22-17-26-27(18-23(22)4-2)32(37)28(31(26)36)19-25-20-29-33(35(25)24-13-9-6-10-14-24)34-30(38-29)16-15-21-11-7-5-8-12-21/h5-20H,3-4H2,1-2H3/b16-15+. The Morgan fingerprint density at radius 2 is 1.39 bits per heavy atom. The van der Waals surface area contributed by atoms with Gasteiger partial charge in [0.25, 0.3) is 0 Å². The molecular formula is C33H26N2O3. The van der Waals surface area contributed by atoms with Gasteiger partial charge in [0, 0.05) is 29.0 Å². The first kappa shape index (κ1) is 23.6. The predicted molar refractivity (Wildman–Crippen MR) is 151 cm³/mol. The summed E-state index contributed by atoms with van der Waals surface area (Å²) in [6.45, 7) is 4.13. The van der Waals surface area contributed by atoms with Gasteiger partial charge in [0.05, 0.1) is 11.3 Å². The highest BCUT2D eigenvalue weighted by molar-refractivity contribution is 6.41. The fraction of sp³-hybridized carbons (Fsp3) is 0.121. The minimum Gasteiger partial charge on any atom is -0.435 e. The Morgan fingerprint density at radius 1 is 0.789 bits per heavy atom. The number of oxazole rings is 1. The Balaban J connectivity index is 1.45. The first-order valence-corrected chi connectivity index (χ1v) is 12.8. The first-order chi connectivity index (χ1) is 18.6. The van der Waals surface area contributed by atoms with Crippen LogP contribution in [-0.2, 0) is 12.8 Å². The van der Waals surface area contributed by atoms with Crippen molar-refractivity contribution in [3.05, 3.63) is 124 Å². The van der Waals surface area contributed by atoms with Gasteiger partial charge >= 0.3 is 0 Å². The van der Waals surface area contributed by atoms with E-state index in [4.69, 9.17) is 9.40 Å². The van der Waals surface area contributed by atoms with Crippen LogP contribution in [0.25, 0.3) is 35.1 Å². The van der Waals surface area contributed by atoms with Gasteiger partial charge < -0.3 is 4.42 Å². The quantitative estimate of drug-likeness (QED) is 0.181. The number of carbonyl (C=O) groups is 2. The van der Waals surface area contributed by atoms with E-state index in [-0.39, 0.29) is 17.1 Å². The van der Waals surface area contributed by atoms with E-state index in [1.807, 2.05) is 95.6 Å². The summed E-state index contributed by atoms with van der Waals surface area (Å²) in [5.41, 5.74) is 7.12. The van der Waals surface area contributed by atoms with Gasteiger partial charge in [-0.25, -0.2) is 0 Å². The molecule has 38 heavy (non-hydrogen) atoms. The lowest BCUT2D eigenvalue weighted by atomic mass is 9.96. The molecule has 2 heterocycles. The van der Waals surface area contributed by atoms with Crippen molar-refractivity contribution in [1.82, 2.24) is 9.55 Å². The number of fused-ring (bicyclic) bond motifs is 2. The van der Waals surface area contributed by atoms with Crippen LogP contribution in [0.3, 0.4) is 0 Å². The fourth-order valence-corrected chi connectivity index (χ4v) is 5.07. The topological polar surface area (TPSA) is 65.1 Å². The lowest BCUT2D eigenvalue weighted by molar-refractivity contribution is 0.0990. The lowest BCUT2D eigenvalue weighted by Gasteiger charge is -2.07. The van der Waals surface area contributed by atoms with Crippen LogP contribution in [0.5, 0.6) is 0 Å². The number of carbonyl (C=O) groups excluding carboxylic acids is 2. The molecule has 0 fully saturated rings.